The van der Waals surface area contributed by atoms with Gasteiger partial charge in [-0.05, 0) is 28.5 Å². The second-order valence-electron chi connectivity index (χ2n) is 4.18. The average molecular weight is 300 g/mol. The number of allylic oxidation sites excluding steroid dienone is 1. The molecule has 2 N–H and O–H groups in total. The van der Waals surface area contributed by atoms with Gasteiger partial charge in [0.05, 0.1) is 5.71 Å². The van der Waals surface area contributed by atoms with Gasteiger partial charge in [0.25, 0.3) is 0 Å². The van der Waals surface area contributed by atoms with Crippen LogP contribution in [-0.4, -0.2) is 31.7 Å². The predicted octanol–water partition coefficient (Wildman–Crippen LogP) is 1.53. The lowest BCUT2D eigenvalue weighted by Gasteiger charge is -1.95. The molecule has 1 heterocycles. The summed E-state index contributed by atoms with van der Waals surface area (Å²) in [5, 5.41) is 19.7. The van der Waals surface area contributed by atoms with Crippen LogP contribution in [0.2, 0.25) is 0 Å². The number of nitrogens with zero attached hydrogens (tertiary/aromatic N) is 4. The summed E-state index contributed by atoms with van der Waals surface area (Å²) >= 11 is 0. The Hall–Kier alpha value is -3.36. The fourth-order valence-electron chi connectivity index (χ4n) is 1.44. The molecule has 0 aliphatic rings. The van der Waals surface area contributed by atoms with Gasteiger partial charge in [0.2, 0.25) is 0 Å². The Morgan fingerprint density at radius 3 is 2.77 bits per heavy atom. The molecular formula is C13H12N6O3. The molecule has 0 unspecified atom stereocenters. The van der Waals surface area contributed by atoms with Crippen molar-refractivity contribution in [2.45, 2.75) is 6.92 Å². The van der Waals surface area contributed by atoms with Crippen molar-refractivity contribution in [1.29, 1.82) is 0 Å². The lowest BCUT2D eigenvalue weighted by molar-refractivity contribution is -0.394. The zero-order valence-electron chi connectivity index (χ0n) is 11.6. The number of nitrogens with one attached hydrogen (secondary N) is 2. The molecule has 0 bridgehead atoms. The molecule has 2 rings (SSSR count). The van der Waals surface area contributed by atoms with Gasteiger partial charge in [-0.3, -0.25) is 4.79 Å². The first-order valence-electron chi connectivity index (χ1n) is 6.21. The SMILES string of the molecule is CC(/C=C/c1ccccc1)=N\NC(=O)c1n[nH]c([N+](=O)[O-])n1. The van der Waals surface area contributed by atoms with Crippen LogP contribution in [0.25, 0.3) is 6.08 Å². The van der Waals surface area contributed by atoms with Crippen molar-refractivity contribution >= 4 is 23.6 Å². The molecule has 0 fully saturated rings. The summed E-state index contributed by atoms with van der Waals surface area (Å²) < 4.78 is 0. The first-order chi connectivity index (χ1) is 10.6. The highest BCUT2D eigenvalue weighted by atomic mass is 16.6. The monoisotopic (exact) mass is 300 g/mol. The lowest BCUT2D eigenvalue weighted by Crippen LogP contribution is -2.20. The molecule has 22 heavy (non-hydrogen) atoms. The van der Waals surface area contributed by atoms with Crippen LogP contribution in [0.4, 0.5) is 5.95 Å². The maximum absolute atomic E-state index is 11.6. The highest BCUT2D eigenvalue weighted by molar-refractivity contribution is 5.98. The normalized spacial score (nSPS) is 11.6. The number of aromatic nitrogens is 3. The first-order valence-corrected chi connectivity index (χ1v) is 6.21. The van der Waals surface area contributed by atoms with Crippen molar-refractivity contribution in [3.05, 3.63) is 57.9 Å². The van der Waals surface area contributed by atoms with E-state index < -0.39 is 16.8 Å². The number of amides is 1. The summed E-state index contributed by atoms with van der Waals surface area (Å²) in [6.45, 7) is 1.69. The van der Waals surface area contributed by atoms with Crippen LogP contribution in [0.15, 0.2) is 41.5 Å². The van der Waals surface area contributed by atoms with Crippen LogP contribution < -0.4 is 5.43 Å². The quantitative estimate of drug-likeness (QED) is 0.492. The minimum atomic E-state index is -0.777. The van der Waals surface area contributed by atoms with E-state index >= 15 is 0 Å². The Kier molecular flexibility index (Phi) is 4.70. The van der Waals surface area contributed by atoms with Crippen LogP contribution in [0.1, 0.15) is 23.1 Å². The molecule has 0 aliphatic heterocycles. The number of carbonyl (C=O) groups is 1. The number of nitro groups is 1. The van der Waals surface area contributed by atoms with Gasteiger partial charge in [-0.2, -0.15) is 5.10 Å². The van der Waals surface area contributed by atoms with Gasteiger partial charge >= 0.3 is 17.7 Å². The number of aromatic amines is 1. The molecule has 1 aromatic carbocycles. The summed E-state index contributed by atoms with van der Waals surface area (Å²) in [5.41, 5.74) is 3.75. The van der Waals surface area contributed by atoms with Crippen molar-refractivity contribution in [3.63, 3.8) is 0 Å². The molecule has 9 nitrogen and oxygen atoms in total. The molecule has 1 aromatic heterocycles. The van der Waals surface area contributed by atoms with E-state index in [-0.39, 0.29) is 5.82 Å². The van der Waals surface area contributed by atoms with Crippen LogP contribution in [0.5, 0.6) is 0 Å². The number of benzene rings is 1. The lowest BCUT2D eigenvalue weighted by atomic mass is 10.2. The number of hydrazone groups is 1. The molecule has 0 aliphatic carbocycles. The van der Waals surface area contributed by atoms with Crippen molar-refractivity contribution in [2.75, 3.05) is 0 Å². The van der Waals surface area contributed by atoms with E-state index in [1.807, 2.05) is 41.5 Å². The zero-order chi connectivity index (χ0) is 15.9. The van der Waals surface area contributed by atoms with Gasteiger partial charge in [-0.25, -0.2) is 5.43 Å². The fourth-order valence-corrected chi connectivity index (χ4v) is 1.44. The Morgan fingerprint density at radius 1 is 1.41 bits per heavy atom. The Balaban J connectivity index is 1.96. The average Bonchev–Trinajstić information content (AvgIpc) is 3.02. The van der Waals surface area contributed by atoms with E-state index in [0.29, 0.717) is 5.71 Å². The van der Waals surface area contributed by atoms with Crippen molar-refractivity contribution in [2.24, 2.45) is 5.10 Å². The molecule has 9 heteroatoms. The highest BCUT2D eigenvalue weighted by Crippen LogP contribution is 2.02. The minimum absolute atomic E-state index is 0.352. The van der Waals surface area contributed by atoms with E-state index in [1.54, 1.807) is 13.0 Å². The fraction of sp³-hybridized carbons (Fsp3) is 0.0769. The third-order valence-electron chi connectivity index (χ3n) is 2.50. The summed E-state index contributed by atoms with van der Waals surface area (Å²) in [4.78, 5) is 24.7. The third-order valence-corrected chi connectivity index (χ3v) is 2.50. The molecule has 112 valence electrons. The number of carbonyl (C=O) groups excluding carboxylic acids is 1. The smallest absolute Gasteiger partial charge is 0.390 e. The Labute approximate surface area is 124 Å². The molecule has 1 amide bonds. The molecule has 0 saturated heterocycles. The predicted molar refractivity (Wildman–Crippen MR) is 79.1 cm³/mol. The summed E-state index contributed by atoms with van der Waals surface area (Å²) in [7, 11) is 0. The van der Waals surface area contributed by atoms with Crippen LogP contribution >= 0.6 is 0 Å². The van der Waals surface area contributed by atoms with E-state index in [1.165, 1.54) is 0 Å². The highest BCUT2D eigenvalue weighted by Gasteiger charge is 2.20. The topological polar surface area (TPSA) is 126 Å². The van der Waals surface area contributed by atoms with Gasteiger partial charge in [0.1, 0.15) is 0 Å². The largest absolute Gasteiger partial charge is 0.454 e. The molecule has 0 radical (unpaired) electrons. The maximum atomic E-state index is 11.6. The van der Waals surface area contributed by atoms with Crippen LogP contribution in [0.3, 0.4) is 0 Å². The summed E-state index contributed by atoms with van der Waals surface area (Å²) in [6.07, 6.45) is 3.55. The Bertz CT molecular complexity index is 735. The van der Waals surface area contributed by atoms with Gasteiger partial charge in [-0.15, -0.1) is 5.10 Å². The summed E-state index contributed by atoms with van der Waals surface area (Å²) in [6, 6.07) is 9.58. The molecule has 0 saturated carbocycles. The summed E-state index contributed by atoms with van der Waals surface area (Å²) in [5.74, 6) is -1.69. The van der Waals surface area contributed by atoms with Gasteiger partial charge < -0.3 is 10.1 Å². The number of hydrogen-bond donors (Lipinski definition) is 2. The number of H-pyrrole nitrogens is 1. The second-order valence-corrected chi connectivity index (χ2v) is 4.18. The maximum Gasteiger partial charge on any atom is 0.454 e. The third kappa shape index (κ3) is 4.07. The molecule has 0 spiro atoms. The van der Waals surface area contributed by atoms with E-state index in [9.17, 15) is 14.9 Å². The van der Waals surface area contributed by atoms with Gasteiger partial charge in [0.15, 0.2) is 0 Å². The van der Waals surface area contributed by atoms with Crippen LogP contribution in [0, 0.1) is 10.1 Å². The molecular weight excluding hydrogens is 288 g/mol. The minimum Gasteiger partial charge on any atom is -0.390 e. The van der Waals surface area contributed by atoms with Crippen molar-refractivity contribution in [3.8, 4) is 0 Å². The van der Waals surface area contributed by atoms with E-state index in [4.69, 9.17) is 0 Å². The number of hydrogen-bond acceptors (Lipinski definition) is 6. The molecule has 0 atom stereocenters. The van der Waals surface area contributed by atoms with Crippen molar-refractivity contribution in [1.82, 2.24) is 20.6 Å². The van der Waals surface area contributed by atoms with Crippen molar-refractivity contribution < 1.29 is 9.72 Å². The standard InChI is InChI=1S/C13H12N6O3/c1-9(7-8-10-5-3-2-4-6-10)15-17-12(20)11-14-13(18-16-11)19(21)22/h2-8H,1H3,(H,17,20)(H,14,16,18)/b8-7+,15-9+. The second kappa shape index (κ2) is 6.88. The first kappa shape index (κ1) is 15.0. The van der Waals surface area contributed by atoms with Gasteiger partial charge in [-0.1, -0.05) is 41.5 Å². The number of rotatable bonds is 5. The zero-order valence-corrected chi connectivity index (χ0v) is 11.6. The van der Waals surface area contributed by atoms with E-state index in [0.717, 1.165) is 5.56 Å². The molecule has 2 aromatic rings. The van der Waals surface area contributed by atoms with E-state index in [2.05, 4.69) is 20.6 Å². The Morgan fingerprint density at radius 2 is 2.14 bits per heavy atom. The van der Waals surface area contributed by atoms with Gasteiger partial charge in [0, 0.05) is 0 Å². The van der Waals surface area contributed by atoms with Crippen LogP contribution in [-0.2, 0) is 0 Å².